The molecule has 0 saturated carbocycles. The molecule has 6 nitrogen and oxygen atoms in total. The Bertz CT molecular complexity index is 637. The molecule has 1 aromatic heterocycles. The molecule has 2 aromatic rings. The Morgan fingerprint density at radius 3 is 2.91 bits per heavy atom. The third kappa shape index (κ3) is 3.33. The summed E-state index contributed by atoms with van der Waals surface area (Å²) in [6, 6.07) is 9.24. The van der Waals surface area contributed by atoms with Crippen LogP contribution in [0.15, 0.2) is 30.3 Å². The van der Waals surface area contributed by atoms with Crippen molar-refractivity contribution in [3.8, 4) is 0 Å². The number of hydrogen-bond acceptors (Lipinski definition) is 4. The average molecular weight is 299 g/mol. The van der Waals surface area contributed by atoms with E-state index in [1.54, 1.807) is 0 Å². The van der Waals surface area contributed by atoms with Crippen LogP contribution in [-0.2, 0) is 30.7 Å². The lowest BCUT2D eigenvalue weighted by Crippen LogP contribution is -2.42. The van der Waals surface area contributed by atoms with E-state index in [1.807, 2.05) is 30.3 Å². The predicted octanol–water partition coefficient (Wildman–Crippen LogP) is 0.801. The minimum Gasteiger partial charge on any atom is -0.347 e. The highest BCUT2D eigenvalue weighted by molar-refractivity contribution is 5.81. The number of fused-ring (bicyclic) bond motifs is 1. The Morgan fingerprint density at radius 2 is 2.09 bits per heavy atom. The van der Waals surface area contributed by atoms with E-state index in [4.69, 9.17) is 5.73 Å². The van der Waals surface area contributed by atoms with Gasteiger partial charge in [0.1, 0.15) is 5.82 Å². The van der Waals surface area contributed by atoms with Crippen molar-refractivity contribution in [3.05, 3.63) is 47.5 Å². The summed E-state index contributed by atoms with van der Waals surface area (Å²) in [6.07, 6.45) is 3.80. The molecule has 1 unspecified atom stereocenters. The van der Waals surface area contributed by atoms with Crippen molar-refractivity contribution in [3.63, 3.8) is 0 Å². The first-order valence-corrected chi connectivity index (χ1v) is 7.72. The Hall–Kier alpha value is -2.21. The zero-order valence-electron chi connectivity index (χ0n) is 12.5. The summed E-state index contributed by atoms with van der Waals surface area (Å²) in [5, 5.41) is 11.2. The highest BCUT2D eigenvalue weighted by atomic mass is 16.2. The molecule has 0 saturated heterocycles. The van der Waals surface area contributed by atoms with Gasteiger partial charge in [-0.2, -0.15) is 0 Å². The average Bonchev–Trinajstić information content (AvgIpc) is 2.97. The van der Waals surface area contributed by atoms with E-state index in [-0.39, 0.29) is 5.91 Å². The van der Waals surface area contributed by atoms with E-state index in [1.165, 1.54) is 0 Å². The Balaban J connectivity index is 1.55. The predicted molar refractivity (Wildman–Crippen MR) is 82.9 cm³/mol. The number of rotatable bonds is 5. The van der Waals surface area contributed by atoms with E-state index in [0.29, 0.717) is 13.0 Å². The van der Waals surface area contributed by atoms with Gasteiger partial charge in [-0.05, 0) is 24.8 Å². The first-order chi connectivity index (χ1) is 10.7. The number of amides is 1. The molecule has 3 N–H and O–H groups in total. The molecule has 1 aromatic carbocycles. The lowest BCUT2D eigenvalue weighted by molar-refractivity contribution is -0.122. The van der Waals surface area contributed by atoms with Gasteiger partial charge in [0.05, 0.1) is 12.6 Å². The van der Waals surface area contributed by atoms with E-state index in [9.17, 15) is 4.79 Å². The summed E-state index contributed by atoms with van der Waals surface area (Å²) in [5.41, 5.74) is 7.03. The van der Waals surface area contributed by atoms with Gasteiger partial charge in [-0.1, -0.05) is 30.3 Å². The smallest absolute Gasteiger partial charge is 0.237 e. The highest BCUT2D eigenvalue weighted by Gasteiger charge is 2.18. The minimum atomic E-state index is -0.550. The van der Waals surface area contributed by atoms with Gasteiger partial charge in [0, 0.05) is 13.0 Å². The quantitative estimate of drug-likeness (QED) is 0.855. The zero-order chi connectivity index (χ0) is 15.4. The first-order valence-electron chi connectivity index (χ1n) is 7.72. The van der Waals surface area contributed by atoms with Crippen molar-refractivity contribution in [2.45, 2.75) is 44.8 Å². The molecule has 0 bridgehead atoms. The number of aromatic nitrogens is 3. The fourth-order valence-corrected chi connectivity index (χ4v) is 2.76. The lowest BCUT2D eigenvalue weighted by atomic mass is 10.1. The molecular formula is C16H21N5O. The molecule has 1 atom stereocenters. The number of nitrogens with zero attached hydrogens (tertiary/aromatic N) is 3. The summed E-state index contributed by atoms with van der Waals surface area (Å²) in [6.45, 7) is 1.32. The number of nitrogens with two attached hydrogens (primary N) is 1. The normalized spacial score (nSPS) is 15.1. The van der Waals surface area contributed by atoms with Crippen molar-refractivity contribution in [2.75, 3.05) is 0 Å². The van der Waals surface area contributed by atoms with Crippen LogP contribution >= 0.6 is 0 Å². The molecule has 1 aliphatic rings. The summed E-state index contributed by atoms with van der Waals surface area (Å²) in [5.74, 6) is 1.68. The van der Waals surface area contributed by atoms with Crippen LogP contribution in [0, 0.1) is 0 Å². The van der Waals surface area contributed by atoms with Gasteiger partial charge in [0.2, 0.25) is 5.91 Å². The number of benzene rings is 1. The maximum atomic E-state index is 12.1. The third-order valence-corrected chi connectivity index (χ3v) is 3.99. The van der Waals surface area contributed by atoms with E-state index in [0.717, 1.165) is 43.0 Å². The topological polar surface area (TPSA) is 85.8 Å². The van der Waals surface area contributed by atoms with Crippen molar-refractivity contribution in [1.29, 1.82) is 0 Å². The summed E-state index contributed by atoms with van der Waals surface area (Å²) >= 11 is 0. The van der Waals surface area contributed by atoms with Gasteiger partial charge in [0.15, 0.2) is 5.82 Å². The van der Waals surface area contributed by atoms with E-state index < -0.39 is 6.04 Å². The molecule has 6 heteroatoms. The SMILES string of the molecule is NC(Cc1ccccc1)C(=O)NCc1nnc2n1CCCC2. The maximum absolute atomic E-state index is 12.1. The summed E-state index contributed by atoms with van der Waals surface area (Å²) in [4.78, 5) is 12.1. The van der Waals surface area contributed by atoms with Crippen LogP contribution in [0.2, 0.25) is 0 Å². The second kappa shape index (κ2) is 6.70. The molecule has 22 heavy (non-hydrogen) atoms. The molecule has 116 valence electrons. The summed E-state index contributed by atoms with van der Waals surface area (Å²) in [7, 11) is 0. The molecule has 1 aliphatic heterocycles. The monoisotopic (exact) mass is 299 g/mol. The number of carbonyl (C=O) groups excluding carboxylic acids is 1. The molecule has 0 spiro atoms. The van der Waals surface area contributed by atoms with Crippen LogP contribution < -0.4 is 11.1 Å². The van der Waals surface area contributed by atoms with Gasteiger partial charge in [-0.25, -0.2) is 0 Å². The number of aryl methyl sites for hydroxylation is 1. The lowest BCUT2D eigenvalue weighted by Gasteiger charge is -2.16. The molecule has 2 heterocycles. The molecule has 0 radical (unpaired) electrons. The molecule has 1 amide bonds. The van der Waals surface area contributed by atoms with Crippen molar-refractivity contribution in [1.82, 2.24) is 20.1 Å². The third-order valence-electron chi connectivity index (χ3n) is 3.99. The fraction of sp³-hybridized carbons (Fsp3) is 0.438. The van der Waals surface area contributed by atoms with Crippen LogP contribution in [-0.4, -0.2) is 26.7 Å². The molecule has 0 fully saturated rings. The van der Waals surface area contributed by atoms with Gasteiger partial charge < -0.3 is 15.6 Å². The number of nitrogens with one attached hydrogen (secondary N) is 1. The number of carbonyl (C=O) groups is 1. The Kier molecular flexibility index (Phi) is 4.48. The zero-order valence-corrected chi connectivity index (χ0v) is 12.5. The second-order valence-electron chi connectivity index (χ2n) is 5.66. The van der Waals surface area contributed by atoms with Crippen LogP contribution in [0.25, 0.3) is 0 Å². The summed E-state index contributed by atoms with van der Waals surface area (Å²) < 4.78 is 2.10. The maximum Gasteiger partial charge on any atom is 0.237 e. The van der Waals surface area contributed by atoms with Gasteiger partial charge >= 0.3 is 0 Å². The second-order valence-corrected chi connectivity index (χ2v) is 5.66. The Morgan fingerprint density at radius 1 is 1.27 bits per heavy atom. The van der Waals surface area contributed by atoms with Crippen LogP contribution in [0.4, 0.5) is 0 Å². The van der Waals surface area contributed by atoms with Gasteiger partial charge in [-0.15, -0.1) is 10.2 Å². The van der Waals surface area contributed by atoms with E-state index in [2.05, 4.69) is 20.1 Å². The van der Waals surface area contributed by atoms with Crippen molar-refractivity contribution >= 4 is 5.91 Å². The molecule has 0 aliphatic carbocycles. The van der Waals surface area contributed by atoms with Gasteiger partial charge in [-0.3, -0.25) is 4.79 Å². The molecular weight excluding hydrogens is 278 g/mol. The fourth-order valence-electron chi connectivity index (χ4n) is 2.76. The Labute approximate surface area is 129 Å². The van der Waals surface area contributed by atoms with Crippen molar-refractivity contribution < 1.29 is 4.79 Å². The largest absolute Gasteiger partial charge is 0.347 e. The molecule has 3 rings (SSSR count). The van der Waals surface area contributed by atoms with E-state index >= 15 is 0 Å². The minimum absolute atomic E-state index is 0.156. The van der Waals surface area contributed by atoms with Gasteiger partial charge in [0.25, 0.3) is 0 Å². The highest BCUT2D eigenvalue weighted by Crippen LogP contribution is 2.14. The van der Waals surface area contributed by atoms with Crippen molar-refractivity contribution in [2.24, 2.45) is 5.73 Å². The van der Waals surface area contributed by atoms with Crippen LogP contribution in [0.3, 0.4) is 0 Å². The number of hydrogen-bond donors (Lipinski definition) is 2. The van der Waals surface area contributed by atoms with Crippen LogP contribution in [0.1, 0.15) is 30.1 Å². The van der Waals surface area contributed by atoms with Crippen LogP contribution in [0.5, 0.6) is 0 Å². The standard InChI is InChI=1S/C16H21N5O/c17-13(10-12-6-2-1-3-7-12)16(22)18-11-15-20-19-14-8-4-5-9-21(14)15/h1-3,6-7,13H,4-5,8-11,17H2,(H,18,22). The first kappa shape index (κ1) is 14.7.